The monoisotopic (exact) mass is 396 g/mol. The van der Waals surface area contributed by atoms with E-state index in [2.05, 4.69) is 12.1 Å². The van der Waals surface area contributed by atoms with Crippen molar-refractivity contribution in [3.05, 3.63) is 35.4 Å². The Kier molecular flexibility index (Phi) is 8.14. The molecule has 1 aliphatic carbocycles. The van der Waals surface area contributed by atoms with Crippen LogP contribution in [0.1, 0.15) is 75.8 Å². The van der Waals surface area contributed by atoms with Crippen molar-refractivity contribution in [1.29, 1.82) is 0 Å². The Bertz CT molecular complexity index is 599. The summed E-state index contributed by atoms with van der Waals surface area (Å²) >= 11 is 6.55. The lowest BCUT2D eigenvalue weighted by Gasteiger charge is -2.26. The molecular weight excluding hydrogens is 364 g/mol. The van der Waals surface area contributed by atoms with Gasteiger partial charge in [0.1, 0.15) is 0 Å². The number of aliphatic hydroxyl groups excluding tert-OH is 2. The Morgan fingerprint density at radius 2 is 1.78 bits per heavy atom. The van der Waals surface area contributed by atoms with Gasteiger partial charge < -0.3 is 15.3 Å². The molecule has 0 radical (unpaired) electrons. The minimum Gasteiger partial charge on any atom is -0.481 e. The quantitative estimate of drug-likeness (QED) is 0.403. The van der Waals surface area contributed by atoms with Gasteiger partial charge in [-0.15, -0.1) is 11.6 Å². The van der Waals surface area contributed by atoms with Gasteiger partial charge in [0.15, 0.2) is 0 Å². The largest absolute Gasteiger partial charge is 0.481 e. The summed E-state index contributed by atoms with van der Waals surface area (Å²) in [6.45, 7) is 4.11. The number of carboxylic acids is 1. The van der Waals surface area contributed by atoms with E-state index in [0.29, 0.717) is 6.42 Å². The lowest BCUT2D eigenvalue weighted by Crippen LogP contribution is -2.23. The molecule has 0 spiro atoms. The zero-order valence-electron chi connectivity index (χ0n) is 16.4. The van der Waals surface area contributed by atoms with E-state index in [4.69, 9.17) is 16.7 Å². The number of unbranched alkanes of at least 4 members (excludes halogenated alkanes) is 3. The zero-order valence-corrected chi connectivity index (χ0v) is 17.2. The molecule has 2 rings (SSSR count). The van der Waals surface area contributed by atoms with Crippen LogP contribution in [0.3, 0.4) is 0 Å². The first-order chi connectivity index (χ1) is 12.8. The summed E-state index contributed by atoms with van der Waals surface area (Å²) in [6.07, 6.45) is 5.02. The van der Waals surface area contributed by atoms with Gasteiger partial charge in [-0.1, -0.05) is 57.4 Å². The van der Waals surface area contributed by atoms with Gasteiger partial charge in [-0.2, -0.15) is 0 Å². The van der Waals surface area contributed by atoms with E-state index < -0.39 is 12.1 Å². The molecule has 152 valence electrons. The summed E-state index contributed by atoms with van der Waals surface area (Å²) in [6, 6.07) is 8.22. The minimum absolute atomic E-state index is 0.0300. The van der Waals surface area contributed by atoms with Crippen molar-refractivity contribution >= 4 is 17.6 Å². The molecule has 0 aliphatic heterocycles. The summed E-state index contributed by atoms with van der Waals surface area (Å²) in [7, 11) is 0. The van der Waals surface area contributed by atoms with Crippen molar-refractivity contribution in [2.24, 2.45) is 5.92 Å². The number of carbonyl (C=O) groups is 1. The van der Waals surface area contributed by atoms with E-state index in [1.54, 1.807) is 0 Å². The first kappa shape index (κ1) is 22.2. The van der Waals surface area contributed by atoms with Crippen LogP contribution in [0, 0.1) is 5.92 Å². The highest BCUT2D eigenvalue weighted by Gasteiger charge is 2.41. The van der Waals surface area contributed by atoms with Crippen LogP contribution in [0.4, 0.5) is 0 Å². The van der Waals surface area contributed by atoms with Gasteiger partial charge in [-0.05, 0) is 36.3 Å². The zero-order chi connectivity index (χ0) is 20.0. The van der Waals surface area contributed by atoms with Crippen molar-refractivity contribution < 1.29 is 20.1 Å². The van der Waals surface area contributed by atoms with Crippen molar-refractivity contribution in [3.63, 3.8) is 0 Å². The fourth-order valence-corrected chi connectivity index (χ4v) is 4.62. The first-order valence-corrected chi connectivity index (χ1v) is 10.4. The maximum Gasteiger partial charge on any atom is 0.303 e. The van der Waals surface area contributed by atoms with Crippen molar-refractivity contribution in [2.75, 3.05) is 6.61 Å². The highest BCUT2D eigenvalue weighted by atomic mass is 35.5. The summed E-state index contributed by atoms with van der Waals surface area (Å²) in [5.74, 6) is -0.460. The number of aliphatic carboxylic acids is 1. The lowest BCUT2D eigenvalue weighted by atomic mass is 9.81. The Morgan fingerprint density at radius 1 is 1.15 bits per heavy atom. The van der Waals surface area contributed by atoms with E-state index in [1.807, 2.05) is 26.0 Å². The van der Waals surface area contributed by atoms with Gasteiger partial charge in [0, 0.05) is 23.1 Å². The van der Waals surface area contributed by atoms with E-state index in [9.17, 15) is 15.0 Å². The molecule has 0 saturated heterocycles. The maximum absolute atomic E-state index is 10.6. The minimum atomic E-state index is -0.734. The summed E-state index contributed by atoms with van der Waals surface area (Å²) in [4.78, 5) is 10.6. The van der Waals surface area contributed by atoms with Crippen LogP contribution >= 0.6 is 11.6 Å². The molecule has 0 aromatic heterocycles. The second-order valence-corrected chi connectivity index (χ2v) is 9.08. The normalized spacial score (nSPS) is 25.7. The van der Waals surface area contributed by atoms with Crippen molar-refractivity contribution in [3.8, 4) is 0 Å². The standard InChI is InChI=1S/C22H33ClO4/c1-22(2,14-24)16-11-9-15(10-12-16)21-17(18(23)13-19(21)25)7-5-3-4-6-8-20(26)27/h9-12,17-19,21,24-25H,3-8,13-14H2,1-2H3,(H,26,27)/t17-,18-,19+,21+/m0/s1. The number of halogens is 1. The van der Waals surface area contributed by atoms with Crippen LogP contribution in [-0.4, -0.2) is 39.4 Å². The molecule has 1 fully saturated rings. The smallest absolute Gasteiger partial charge is 0.303 e. The number of benzene rings is 1. The van der Waals surface area contributed by atoms with Crippen LogP contribution < -0.4 is 0 Å². The molecule has 5 heteroatoms. The molecule has 27 heavy (non-hydrogen) atoms. The predicted molar refractivity (Wildman–Crippen MR) is 108 cm³/mol. The molecule has 0 bridgehead atoms. The molecule has 1 aromatic carbocycles. The fourth-order valence-electron chi connectivity index (χ4n) is 4.15. The van der Waals surface area contributed by atoms with Gasteiger partial charge in [0.25, 0.3) is 0 Å². The SMILES string of the molecule is CC(C)(CO)c1ccc([C@@H]2[C@@H](CCCCCCC(=O)O)[C@@H](Cl)C[C@H]2O)cc1. The molecule has 1 aromatic rings. The van der Waals surface area contributed by atoms with Crippen LogP contribution in [-0.2, 0) is 10.2 Å². The second kappa shape index (κ2) is 9.90. The van der Waals surface area contributed by atoms with Crippen LogP contribution in [0.15, 0.2) is 24.3 Å². The van der Waals surface area contributed by atoms with Crippen molar-refractivity contribution in [2.45, 2.75) is 81.6 Å². The summed E-state index contributed by atoms with van der Waals surface area (Å²) in [5, 5.41) is 28.8. The molecule has 4 atom stereocenters. The molecule has 3 N–H and O–H groups in total. The Labute approximate surface area is 167 Å². The molecule has 0 unspecified atom stereocenters. The van der Waals surface area contributed by atoms with Gasteiger partial charge >= 0.3 is 5.97 Å². The first-order valence-electron chi connectivity index (χ1n) is 10.0. The molecule has 1 saturated carbocycles. The second-order valence-electron chi connectivity index (χ2n) is 8.52. The maximum atomic E-state index is 10.6. The lowest BCUT2D eigenvalue weighted by molar-refractivity contribution is -0.137. The third-order valence-corrected chi connectivity index (χ3v) is 6.46. The summed E-state index contributed by atoms with van der Waals surface area (Å²) < 4.78 is 0. The highest BCUT2D eigenvalue weighted by molar-refractivity contribution is 6.21. The number of hydrogen-bond donors (Lipinski definition) is 3. The number of carboxylic acid groups (broad SMARTS) is 1. The molecule has 1 aliphatic rings. The van der Waals surface area contributed by atoms with Crippen LogP contribution in [0.2, 0.25) is 0 Å². The third kappa shape index (κ3) is 5.94. The van der Waals surface area contributed by atoms with E-state index in [1.165, 1.54) is 0 Å². The Morgan fingerprint density at radius 3 is 2.37 bits per heavy atom. The Hall–Kier alpha value is -1.10. The molecule has 4 nitrogen and oxygen atoms in total. The van der Waals surface area contributed by atoms with Gasteiger partial charge in [0.05, 0.1) is 12.7 Å². The average molecular weight is 397 g/mol. The third-order valence-electron chi connectivity index (χ3n) is 5.96. The van der Waals surface area contributed by atoms with Crippen LogP contribution in [0.5, 0.6) is 0 Å². The number of hydrogen-bond acceptors (Lipinski definition) is 3. The highest BCUT2D eigenvalue weighted by Crippen LogP contribution is 2.45. The van der Waals surface area contributed by atoms with Crippen molar-refractivity contribution in [1.82, 2.24) is 0 Å². The number of rotatable bonds is 10. The molecule has 0 amide bonds. The molecule has 0 heterocycles. The van der Waals surface area contributed by atoms with E-state index in [0.717, 1.165) is 43.2 Å². The van der Waals surface area contributed by atoms with Gasteiger partial charge in [-0.3, -0.25) is 4.79 Å². The summed E-state index contributed by atoms with van der Waals surface area (Å²) in [5.41, 5.74) is 1.91. The van der Waals surface area contributed by atoms with E-state index >= 15 is 0 Å². The predicted octanol–water partition coefficient (Wildman–Crippen LogP) is 4.45. The fraction of sp³-hybridized carbons (Fsp3) is 0.682. The van der Waals surface area contributed by atoms with Crippen LogP contribution in [0.25, 0.3) is 0 Å². The van der Waals surface area contributed by atoms with Gasteiger partial charge in [0.2, 0.25) is 0 Å². The average Bonchev–Trinajstić information content (AvgIpc) is 2.91. The van der Waals surface area contributed by atoms with Gasteiger partial charge in [-0.25, -0.2) is 0 Å². The molecular formula is C22H33ClO4. The topological polar surface area (TPSA) is 77.8 Å². The number of alkyl halides is 1. The Balaban J connectivity index is 1.97. The number of aliphatic hydroxyl groups is 2. The van der Waals surface area contributed by atoms with E-state index in [-0.39, 0.29) is 35.7 Å².